The molecular formula is C12H15KN8OS2. The zero-order chi connectivity index (χ0) is 16.7. The molecule has 0 aliphatic rings. The van der Waals surface area contributed by atoms with E-state index in [0.29, 0.717) is 18.1 Å². The molecule has 2 aromatic heterocycles. The summed E-state index contributed by atoms with van der Waals surface area (Å²) < 4.78 is 0. The molecule has 9 nitrogen and oxygen atoms in total. The van der Waals surface area contributed by atoms with Gasteiger partial charge in [-0.15, -0.1) is 11.3 Å². The summed E-state index contributed by atoms with van der Waals surface area (Å²) in [5.41, 5.74) is 1.67. The summed E-state index contributed by atoms with van der Waals surface area (Å²) in [4.78, 5) is 20.9. The van der Waals surface area contributed by atoms with E-state index in [1.807, 2.05) is 12.3 Å². The molecule has 0 saturated heterocycles. The molecule has 24 heavy (non-hydrogen) atoms. The maximum absolute atomic E-state index is 11.1. The summed E-state index contributed by atoms with van der Waals surface area (Å²) in [6.07, 6.45) is 2.23. The van der Waals surface area contributed by atoms with Crippen molar-refractivity contribution in [2.75, 3.05) is 17.2 Å². The zero-order valence-electron chi connectivity index (χ0n) is 13.5. The van der Waals surface area contributed by atoms with E-state index in [2.05, 4.69) is 36.1 Å². The van der Waals surface area contributed by atoms with E-state index >= 15 is 0 Å². The monoisotopic (exact) mass is 390 g/mol. The van der Waals surface area contributed by atoms with Gasteiger partial charge in [0.05, 0.1) is 16.3 Å². The Balaban J connectivity index is 0.00000288. The quantitative estimate of drug-likeness (QED) is 0.238. The van der Waals surface area contributed by atoms with Gasteiger partial charge in [-0.2, -0.15) is 0 Å². The summed E-state index contributed by atoms with van der Waals surface area (Å²) in [5.74, 6) is 6.31. The minimum absolute atomic E-state index is 0. The van der Waals surface area contributed by atoms with Crippen molar-refractivity contribution in [3.8, 4) is 10.6 Å². The van der Waals surface area contributed by atoms with Crippen LogP contribution in [-0.2, 0) is 4.79 Å². The van der Waals surface area contributed by atoms with Crippen LogP contribution in [0.25, 0.3) is 16.4 Å². The fraction of sp³-hybridized carbons (Fsp3) is 0.333. The Bertz CT molecular complexity index is 726. The average molecular weight is 391 g/mol. The van der Waals surface area contributed by atoms with Gasteiger partial charge in [-0.25, -0.2) is 9.97 Å². The Morgan fingerprint density at radius 2 is 2.21 bits per heavy atom. The summed E-state index contributed by atoms with van der Waals surface area (Å²) in [5, 5.41) is 18.7. The number of thiazole rings is 2. The van der Waals surface area contributed by atoms with Gasteiger partial charge in [-0.05, 0) is 6.92 Å². The number of nitrogens with one attached hydrogen (secondary N) is 3. The number of aryl methyl sites for hydroxylation is 1. The topological polar surface area (TPSA) is 128 Å². The number of rotatable bonds is 7. The van der Waals surface area contributed by atoms with Crippen molar-refractivity contribution in [3.63, 3.8) is 0 Å². The van der Waals surface area contributed by atoms with Gasteiger partial charge < -0.3 is 16.5 Å². The van der Waals surface area contributed by atoms with Gasteiger partial charge in [0, 0.05) is 31.5 Å². The van der Waals surface area contributed by atoms with Gasteiger partial charge in [-0.3, -0.25) is 20.3 Å². The molecule has 2 rings (SSSR count). The molecule has 3 N–H and O–H groups in total. The van der Waals surface area contributed by atoms with Crippen LogP contribution < -0.4 is 62.0 Å². The first-order valence-corrected chi connectivity index (χ1v) is 8.33. The van der Waals surface area contributed by atoms with Crippen LogP contribution in [-0.4, -0.2) is 28.6 Å². The van der Waals surface area contributed by atoms with Crippen LogP contribution in [0, 0.1) is 6.92 Å². The van der Waals surface area contributed by atoms with Crippen LogP contribution in [0.1, 0.15) is 19.0 Å². The van der Waals surface area contributed by atoms with Crippen LogP contribution in [0.2, 0.25) is 0 Å². The standard InChI is InChI=1S/C12H16N8OS2.K/c1-7-10(23-12(16-7)17-8(2)21)9-6-22-11(18-9)14-4-3-5-15-20-19-13;/h5-6H,3-4H2,1-2H3,(H4,13,14,16,17,18,20,21);/q;+1/p-1/b15-5+;. The van der Waals surface area contributed by atoms with Gasteiger partial charge in [0.2, 0.25) is 5.91 Å². The number of aromatic nitrogens is 2. The number of nitrogens with zero attached hydrogens (tertiary/aromatic N) is 5. The van der Waals surface area contributed by atoms with E-state index in [0.717, 1.165) is 21.4 Å². The summed E-state index contributed by atoms with van der Waals surface area (Å²) in [6.45, 7) is 4.00. The summed E-state index contributed by atoms with van der Waals surface area (Å²) >= 11 is 2.90. The van der Waals surface area contributed by atoms with Crippen molar-refractivity contribution in [3.05, 3.63) is 16.9 Å². The molecule has 0 bridgehead atoms. The molecule has 0 saturated carbocycles. The number of carbonyl (C=O) groups excluding carboxylic acids is 1. The number of anilines is 2. The molecular weight excluding hydrogens is 375 g/mol. The van der Waals surface area contributed by atoms with E-state index in [9.17, 15) is 4.79 Å². The molecule has 2 heterocycles. The fourth-order valence-corrected chi connectivity index (χ4v) is 3.44. The summed E-state index contributed by atoms with van der Waals surface area (Å²) in [7, 11) is 0. The van der Waals surface area contributed by atoms with E-state index < -0.39 is 0 Å². The van der Waals surface area contributed by atoms with Crippen molar-refractivity contribution in [1.82, 2.24) is 9.97 Å². The second kappa shape index (κ2) is 11.0. The van der Waals surface area contributed by atoms with Crippen LogP contribution >= 0.6 is 22.7 Å². The number of hydrogen-bond donors (Lipinski definition) is 2. The first-order chi connectivity index (χ1) is 11.1. The molecule has 0 aromatic carbocycles. The Hall–Kier alpha value is -0.764. The second-order valence-electron chi connectivity index (χ2n) is 4.36. The molecule has 12 heteroatoms. The molecule has 0 aliphatic carbocycles. The number of carbonyl (C=O) groups is 1. The number of hydrogen-bond acceptors (Lipinski definition) is 8. The third kappa shape index (κ3) is 6.62. The largest absolute Gasteiger partial charge is 1.00 e. The first kappa shape index (κ1) is 21.3. The van der Waals surface area contributed by atoms with Gasteiger partial charge >= 0.3 is 51.4 Å². The average Bonchev–Trinajstić information content (AvgIpc) is 3.08. The van der Waals surface area contributed by atoms with E-state index in [4.69, 9.17) is 5.84 Å². The predicted octanol–water partition coefficient (Wildman–Crippen LogP) is 0.745. The Labute approximate surface area is 189 Å². The Morgan fingerprint density at radius 3 is 2.92 bits per heavy atom. The minimum atomic E-state index is -0.141. The molecule has 0 aliphatic heterocycles. The van der Waals surface area contributed by atoms with Gasteiger partial charge in [-0.1, -0.05) is 11.3 Å². The van der Waals surface area contributed by atoms with Crippen LogP contribution in [0.5, 0.6) is 0 Å². The summed E-state index contributed by atoms with van der Waals surface area (Å²) in [6, 6.07) is 0. The second-order valence-corrected chi connectivity index (χ2v) is 6.21. The molecule has 0 radical (unpaired) electrons. The van der Waals surface area contributed by atoms with E-state index in [1.165, 1.54) is 29.6 Å². The van der Waals surface area contributed by atoms with Crippen molar-refractivity contribution in [2.45, 2.75) is 20.3 Å². The predicted molar refractivity (Wildman–Crippen MR) is 93.0 cm³/mol. The van der Waals surface area contributed by atoms with Crippen molar-refractivity contribution >= 4 is 45.1 Å². The molecule has 1 amide bonds. The van der Waals surface area contributed by atoms with Crippen LogP contribution in [0.4, 0.5) is 10.3 Å². The van der Waals surface area contributed by atoms with Crippen LogP contribution in [0.3, 0.4) is 0 Å². The van der Waals surface area contributed by atoms with Crippen molar-refractivity contribution in [2.24, 2.45) is 15.5 Å². The molecule has 0 fully saturated rings. The number of amides is 1. The van der Waals surface area contributed by atoms with Crippen LogP contribution in [0.15, 0.2) is 20.9 Å². The smallest absolute Gasteiger partial charge is 0.397 e. The third-order valence-corrected chi connectivity index (χ3v) is 4.44. The van der Waals surface area contributed by atoms with E-state index in [1.54, 1.807) is 6.21 Å². The maximum Gasteiger partial charge on any atom is 1.00 e. The third-order valence-electron chi connectivity index (χ3n) is 2.54. The molecule has 0 atom stereocenters. The first-order valence-electron chi connectivity index (χ1n) is 6.63. The van der Waals surface area contributed by atoms with Crippen molar-refractivity contribution < 1.29 is 56.2 Å². The molecule has 2 aromatic rings. The Morgan fingerprint density at radius 1 is 1.42 bits per heavy atom. The molecule has 0 spiro atoms. The van der Waals surface area contributed by atoms with Gasteiger partial charge in [0.1, 0.15) is 0 Å². The minimum Gasteiger partial charge on any atom is -0.397 e. The zero-order valence-corrected chi connectivity index (χ0v) is 18.3. The SMILES string of the molecule is CC(=O)Nc1nc(C)c(-c2csc(NCC/C=N/N=N\[NH-])n2)s1.[K+]. The normalized spacial score (nSPS) is 10.9. The van der Waals surface area contributed by atoms with Crippen molar-refractivity contribution in [1.29, 1.82) is 0 Å². The van der Waals surface area contributed by atoms with Gasteiger partial charge in [0.15, 0.2) is 10.3 Å². The van der Waals surface area contributed by atoms with E-state index in [-0.39, 0.29) is 57.3 Å². The molecule has 122 valence electrons. The fourth-order valence-electron chi connectivity index (χ4n) is 1.66. The Kier molecular flexibility index (Phi) is 9.73. The van der Waals surface area contributed by atoms with Gasteiger partial charge in [0.25, 0.3) is 0 Å². The maximum atomic E-state index is 11.1. The molecule has 0 unspecified atom stereocenters.